The molecule has 7 heteroatoms. The van der Waals surface area contributed by atoms with E-state index < -0.39 is 0 Å². The molecule has 0 amide bonds. The molecule has 0 atom stereocenters. The normalized spacial score (nSPS) is 15.9. The first-order valence-electron chi connectivity index (χ1n) is 8.55. The number of thioether (sulfide) groups is 1. The fraction of sp³-hybridized carbons (Fsp3) is 0.471. The van der Waals surface area contributed by atoms with Gasteiger partial charge in [0.2, 0.25) is 0 Å². The number of thiophene rings is 1. The predicted molar refractivity (Wildman–Crippen MR) is 101 cm³/mol. The van der Waals surface area contributed by atoms with E-state index in [0.29, 0.717) is 5.25 Å². The lowest BCUT2D eigenvalue weighted by atomic mass is 10.0. The van der Waals surface area contributed by atoms with Gasteiger partial charge in [0, 0.05) is 17.0 Å². The highest BCUT2D eigenvalue weighted by Gasteiger charge is 2.18. The van der Waals surface area contributed by atoms with Crippen LogP contribution in [-0.2, 0) is 6.42 Å². The van der Waals surface area contributed by atoms with Gasteiger partial charge in [-0.05, 0) is 30.7 Å². The van der Waals surface area contributed by atoms with E-state index in [-0.39, 0.29) is 0 Å². The highest BCUT2D eigenvalue weighted by atomic mass is 32.2. The number of nitrogens with one attached hydrogen (secondary N) is 2. The van der Waals surface area contributed by atoms with Crippen LogP contribution in [0.25, 0.3) is 10.2 Å². The SMILES string of the molecule is CCc1cc(Nc2nc(SC3CCCCC3)nc3ccsc23)n[nH]1. The molecule has 24 heavy (non-hydrogen) atoms. The summed E-state index contributed by atoms with van der Waals surface area (Å²) in [5, 5.41) is 14.3. The van der Waals surface area contributed by atoms with Gasteiger partial charge in [-0.2, -0.15) is 5.10 Å². The van der Waals surface area contributed by atoms with Crippen LogP contribution in [0, 0.1) is 0 Å². The number of fused-ring (bicyclic) bond motifs is 1. The second-order valence-electron chi connectivity index (χ2n) is 6.12. The van der Waals surface area contributed by atoms with E-state index in [2.05, 4.69) is 33.9 Å². The van der Waals surface area contributed by atoms with Crippen molar-refractivity contribution in [2.45, 2.75) is 55.9 Å². The molecule has 4 rings (SSSR count). The van der Waals surface area contributed by atoms with Crippen LogP contribution in [0.5, 0.6) is 0 Å². The van der Waals surface area contributed by atoms with E-state index in [1.165, 1.54) is 32.1 Å². The first-order chi connectivity index (χ1) is 11.8. The Morgan fingerprint density at radius 3 is 2.96 bits per heavy atom. The van der Waals surface area contributed by atoms with Crippen LogP contribution in [0.15, 0.2) is 22.7 Å². The second-order valence-corrected chi connectivity index (χ2v) is 8.31. The van der Waals surface area contributed by atoms with Crippen LogP contribution in [0.2, 0.25) is 0 Å². The number of anilines is 2. The molecule has 1 fully saturated rings. The Hall–Kier alpha value is -1.60. The van der Waals surface area contributed by atoms with Gasteiger partial charge in [0.1, 0.15) is 0 Å². The zero-order valence-corrected chi connectivity index (χ0v) is 15.3. The van der Waals surface area contributed by atoms with Gasteiger partial charge in [0.15, 0.2) is 16.8 Å². The van der Waals surface area contributed by atoms with Crippen molar-refractivity contribution in [3.63, 3.8) is 0 Å². The fourth-order valence-corrected chi connectivity index (χ4v) is 4.98. The number of H-pyrrole nitrogens is 1. The summed E-state index contributed by atoms with van der Waals surface area (Å²) < 4.78 is 1.09. The van der Waals surface area contributed by atoms with Crippen LogP contribution in [0.4, 0.5) is 11.6 Å². The molecule has 1 aliphatic rings. The third kappa shape index (κ3) is 3.42. The maximum absolute atomic E-state index is 4.79. The first-order valence-corrected chi connectivity index (χ1v) is 10.3. The van der Waals surface area contributed by atoms with Crippen molar-refractivity contribution in [2.24, 2.45) is 0 Å². The standard InChI is InChI=1S/C17H21N5S2/c1-2-11-10-14(22-21-11)19-16-15-13(8-9-23-15)18-17(20-16)24-12-6-4-3-5-7-12/h8-10,12H,2-7H2,1H3,(H2,18,19,20,21,22). The monoisotopic (exact) mass is 359 g/mol. The lowest BCUT2D eigenvalue weighted by Gasteiger charge is -2.20. The molecule has 0 unspecified atom stereocenters. The Balaban J connectivity index is 1.61. The van der Waals surface area contributed by atoms with Gasteiger partial charge in [-0.15, -0.1) is 11.3 Å². The molecule has 3 aromatic heterocycles. The van der Waals surface area contributed by atoms with Gasteiger partial charge in [0.05, 0.1) is 10.2 Å². The van der Waals surface area contributed by atoms with Crippen LogP contribution in [0.1, 0.15) is 44.7 Å². The maximum Gasteiger partial charge on any atom is 0.190 e. The zero-order valence-electron chi connectivity index (χ0n) is 13.7. The molecular weight excluding hydrogens is 338 g/mol. The molecule has 3 heterocycles. The number of aryl methyl sites for hydroxylation is 1. The van der Waals surface area contributed by atoms with Gasteiger partial charge in [0.25, 0.3) is 0 Å². The van der Waals surface area contributed by atoms with Crippen LogP contribution >= 0.6 is 23.1 Å². The topological polar surface area (TPSA) is 66.5 Å². The Kier molecular flexibility index (Phi) is 4.71. The fourth-order valence-electron chi connectivity index (χ4n) is 3.04. The molecule has 0 saturated heterocycles. The highest BCUT2D eigenvalue weighted by molar-refractivity contribution is 7.99. The summed E-state index contributed by atoms with van der Waals surface area (Å²) in [6.45, 7) is 2.11. The highest BCUT2D eigenvalue weighted by Crippen LogP contribution is 2.35. The van der Waals surface area contributed by atoms with E-state index >= 15 is 0 Å². The van der Waals surface area contributed by atoms with Crippen LogP contribution < -0.4 is 5.32 Å². The molecular formula is C17H21N5S2. The van der Waals surface area contributed by atoms with Gasteiger partial charge in [-0.3, -0.25) is 5.10 Å². The quantitative estimate of drug-likeness (QED) is 0.617. The Morgan fingerprint density at radius 1 is 1.29 bits per heavy atom. The summed E-state index contributed by atoms with van der Waals surface area (Å²) in [5.41, 5.74) is 2.13. The summed E-state index contributed by atoms with van der Waals surface area (Å²) in [4.78, 5) is 9.54. The van der Waals surface area contributed by atoms with Crippen molar-refractivity contribution in [1.29, 1.82) is 0 Å². The zero-order chi connectivity index (χ0) is 16.4. The molecule has 0 bridgehead atoms. The largest absolute Gasteiger partial charge is 0.322 e. The summed E-state index contributed by atoms with van der Waals surface area (Å²) in [7, 11) is 0. The Morgan fingerprint density at radius 2 is 2.17 bits per heavy atom. The van der Waals surface area contributed by atoms with E-state index in [4.69, 9.17) is 9.97 Å². The van der Waals surface area contributed by atoms with Gasteiger partial charge in [-0.1, -0.05) is 37.9 Å². The first kappa shape index (κ1) is 15.9. The van der Waals surface area contributed by atoms with Crippen molar-refractivity contribution in [1.82, 2.24) is 20.2 Å². The third-order valence-corrected chi connectivity index (χ3v) is 6.47. The minimum atomic E-state index is 0.653. The van der Waals surface area contributed by atoms with Crippen LogP contribution in [0.3, 0.4) is 0 Å². The molecule has 5 nitrogen and oxygen atoms in total. The van der Waals surface area contributed by atoms with Crippen molar-refractivity contribution in [3.8, 4) is 0 Å². The second kappa shape index (κ2) is 7.11. The molecule has 0 radical (unpaired) electrons. The number of nitrogens with zero attached hydrogens (tertiary/aromatic N) is 3. The van der Waals surface area contributed by atoms with Gasteiger partial charge < -0.3 is 5.32 Å². The molecule has 2 N–H and O–H groups in total. The number of hydrogen-bond acceptors (Lipinski definition) is 6. The van der Waals surface area contributed by atoms with E-state index in [1.54, 1.807) is 11.3 Å². The average molecular weight is 360 g/mol. The Bertz CT molecular complexity index is 819. The molecule has 0 aromatic carbocycles. The van der Waals surface area contributed by atoms with Crippen molar-refractivity contribution in [2.75, 3.05) is 5.32 Å². The molecule has 1 saturated carbocycles. The van der Waals surface area contributed by atoms with Crippen molar-refractivity contribution in [3.05, 3.63) is 23.2 Å². The minimum Gasteiger partial charge on any atom is -0.322 e. The number of aromatic nitrogens is 4. The van der Waals surface area contributed by atoms with Crippen LogP contribution in [-0.4, -0.2) is 25.4 Å². The summed E-state index contributed by atoms with van der Waals surface area (Å²) in [5.74, 6) is 1.68. The average Bonchev–Trinajstić information content (AvgIpc) is 3.25. The van der Waals surface area contributed by atoms with E-state index in [0.717, 1.165) is 39.1 Å². The molecule has 1 aliphatic carbocycles. The number of hydrogen-bond donors (Lipinski definition) is 2. The van der Waals surface area contributed by atoms with Crippen molar-refractivity contribution < 1.29 is 0 Å². The molecule has 3 aromatic rings. The third-order valence-electron chi connectivity index (χ3n) is 4.37. The number of aromatic amines is 1. The molecule has 0 aliphatic heterocycles. The molecule has 0 spiro atoms. The van der Waals surface area contributed by atoms with Gasteiger partial charge in [-0.25, -0.2) is 9.97 Å². The van der Waals surface area contributed by atoms with E-state index in [1.807, 2.05) is 17.8 Å². The molecule has 126 valence electrons. The summed E-state index contributed by atoms with van der Waals surface area (Å²) >= 11 is 3.50. The number of rotatable bonds is 5. The lowest BCUT2D eigenvalue weighted by molar-refractivity contribution is 0.515. The van der Waals surface area contributed by atoms with E-state index in [9.17, 15) is 0 Å². The smallest absolute Gasteiger partial charge is 0.190 e. The predicted octanol–water partition coefficient (Wildman–Crippen LogP) is 5.15. The minimum absolute atomic E-state index is 0.653. The summed E-state index contributed by atoms with van der Waals surface area (Å²) in [6, 6.07) is 4.11. The lowest BCUT2D eigenvalue weighted by Crippen LogP contribution is -2.09. The van der Waals surface area contributed by atoms with Gasteiger partial charge >= 0.3 is 0 Å². The Labute approximate surface area is 149 Å². The summed E-state index contributed by atoms with van der Waals surface area (Å²) in [6.07, 6.45) is 7.52. The maximum atomic E-state index is 4.79. The van der Waals surface area contributed by atoms with Crippen molar-refractivity contribution >= 4 is 45.0 Å².